The number of hydrogen-bond donors (Lipinski definition) is 0. The van der Waals surface area contributed by atoms with Crippen molar-refractivity contribution < 1.29 is 27.0 Å². The van der Waals surface area contributed by atoms with Gasteiger partial charge in [0.25, 0.3) is 0 Å². The van der Waals surface area contributed by atoms with Gasteiger partial charge >= 0.3 is 31.4 Å². The molecule has 0 spiro atoms. The van der Waals surface area contributed by atoms with Crippen molar-refractivity contribution in [1.82, 2.24) is 0 Å². The van der Waals surface area contributed by atoms with Gasteiger partial charge in [0.2, 0.25) is 15.9 Å². The van der Waals surface area contributed by atoms with Crippen LogP contribution in [0.5, 0.6) is 0 Å². The molecule has 0 saturated heterocycles. The van der Waals surface area contributed by atoms with Gasteiger partial charge < -0.3 is 0 Å². The first-order valence-electron chi connectivity index (χ1n) is 8.21. The molecule has 0 aromatic heterocycles. The molecular weight excluding hydrogens is 416 g/mol. The van der Waals surface area contributed by atoms with E-state index in [4.69, 9.17) is 13.3 Å². The van der Waals surface area contributed by atoms with Crippen molar-refractivity contribution in [2.75, 3.05) is 0 Å². The van der Waals surface area contributed by atoms with E-state index in [2.05, 4.69) is 0 Å². The maximum absolute atomic E-state index is 12.5. The lowest BCUT2D eigenvalue weighted by molar-refractivity contribution is 0.330. The fourth-order valence-corrected chi connectivity index (χ4v) is 4.67. The van der Waals surface area contributed by atoms with Crippen molar-refractivity contribution >= 4 is 47.3 Å². The average molecular weight is 431 g/mol. The van der Waals surface area contributed by atoms with Gasteiger partial charge in [0.15, 0.2) is 0 Å². The monoisotopic (exact) mass is 431 g/mol. The zero-order valence-corrected chi connectivity index (χ0v) is 17.2. The molecule has 3 aromatic carbocycles. The van der Waals surface area contributed by atoms with Gasteiger partial charge in [-0.25, -0.2) is 0 Å². The number of rotatable bonds is 9. The van der Waals surface area contributed by atoms with Crippen LogP contribution in [-0.4, -0.2) is 7.32 Å². The summed E-state index contributed by atoms with van der Waals surface area (Å²) in [6, 6.07) is 25.2. The van der Waals surface area contributed by atoms with Gasteiger partial charge in [-0.05, 0) is 50.1 Å². The quantitative estimate of drug-likeness (QED) is 0.373. The summed E-state index contributed by atoms with van der Waals surface area (Å²) in [5, 5.41) is 1.21. The van der Waals surface area contributed by atoms with Gasteiger partial charge in [0.05, 0.1) is 0 Å². The third kappa shape index (κ3) is 5.95. The lowest BCUT2D eigenvalue weighted by Gasteiger charge is -1.94. The van der Waals surface area contributed by atoms with Gasteiger partial charge in [-0.1, -0.05) is 54.6 Å². The average Bonchev–Trinajstić information content (AvgIpc) is 2.75. The van der Waals surface area contributed by atoms with Crippen molar-refractivity contribution in [3.05, 3.63) is 91.0 Å². The highest BCUT2D eigenvalue weighted by Gasteiger charge is 2.50. The topological polar surface area (TPSA) is 78.9 Å². The molecule has 3 atom stereocenters. The Kier molecular flexibility index (Phi) is 7.70. The van der Waals surface area contributed by atoms with Crippen LogP contribution in [0.3, 0.4) is 0 Å². The molecule has 0 amide bonds. The molecule has 0 bridgehead atoms. The molecule has 138 valence electrons. The Bertz CT molecular complexity index is 830. The molecule has 3 aromatic rings. The van der Waals surface area contributed by atoms with Crippen LogP contribution >= 0.6 is 24.1 Å². The molecule has 0 aliphatic carbocycles. The first-order valence-corrected chi connectivity index (χ1v) is 11.7. The Balaban J connectivity index is 1.76. The van der Waals surface area contributed by atoms with E-state index in [0.717, 1.165) is 0 Å². The minimum atomic E-state index is -2.37. The van der Waals surface area contributed by atoms with Crippen LogP contribution in [0.15, 0.2) is 91.0 Å². The van der Waals surface area contributed by atoms with E-state index in [9.17, 15) is 13.7 Å². The highest BCUT2D eigenvalue weighted by molar-refractivity contribution is 7.53. The first-order chi connectivity index (χ1) is 13.6. The zero-order valence-electron chi connectivity index (χ0n) is 14.5. The van der Waals surface area contributed by atoms with E-state index in [1.807, 2.05) is 0 Å². The molecule has 3 unspecified atom stereocenters. The molecule has 6 nitrogen and oxygen atoms in total. The summed E-state index contributed by atoms with van der Waals surface area (Å²) in [6.07, 6.45) is 0. The molecule has 0 radical (unpaired) electrons. The van der Waals surface area contributed by atoms with Crippen LogP contribution in [0.2, 0.25) is 0 Å². The van der Waals surface area contributed by atoms with Crippen LogP contribution in [0.1, 0.15) is 0 Å². The third-order valence-corrected chi connectivity index (χ3v) is 6.70. The second-order valence-corrected chi connectivity index (χ2v) is 9.11. The summed E-state index contributed by atoms with van der Waals surface area (Å²) in [4.78, 5) is 0. The third-order valence-electron chi connectivity index (χ3n) is 3.45. The summed E-state index contributed by atoms with van der Waals surface area (Å²) in [5.41, 5.74) is 0. The normalized spacial score (nSPS) is 12.2. The summed E-state index contributed by atoms with van der Waals surface area (Å²) < 4.78 is 53.4. The van der Waals surface area contributed by atoms with Crippen molar-refractivity contribution in [3.8, 4) is 0 Å². The van der Waals surface area contributed by atoms with Crippen molar-refractivity contribution in [2.45, 2.75) is 0 Å². The molecule has 0 fully saturated rings. The van der Waals surface area contributed by atoms with Gasteiger partial charge in [0.1, 0.15) is 0 Å². The van der Waals surface area contributed by atoms with E-state index in [1.165, 1.54) is 0 Å². The van der Waals surface area contributed by atoms with E-state index >= 15 is 0 Å². The van der Waals surface area contributed by atoms with Gasteiger partial charge in [0, 0.05) is 0 Å². The van der Waals surface area contributed by atoms with Gasteiger partial charge in [-0.15, -0.1) is 13.3 Å². The summed E-state index contributed by atoms with van der Waals surface area (Å²) >= 11 is 0. The lowest BCUT2D eigenvalue weighted by Crippen LogP contribution is -2.23. The fraction of sp³-hybridized carbons (Fsp3) is 0. The Morgan fingerprint density at radius 3 is 0.964 bits per heavy atom. The molecule has 0 N–H and O–H groups in total. The van der Waals surface area contributed by atoms with Crippen molar-refractivity contribution in [2.24, 2.45) is 0 Å². The molecule has 0 aliphatic heterocycles. The maximum atomic E-state index is 12.5. The predicted molar refractivity (Wildman–Crippen MR) is 110 cm³/mol. The highest BCUT2D eigenvalue weighted by Crippen LogP contribution is 2.34. The van der Waals surface area contributed by atoms with Crippen LogP contribution in [-0.2, 0) is 27.0 Å². The minimum absolute atomic E-state index is 0.402. The van der Waals surface area contributed by atoms with E-state index in [1.54, 1.807) is 91.0 Å². The van der Waals surface area contributed by atoms with Crippen LogP contribution < -0.4 is 15.9 Å². The van der Waals surface area contributed by atoms with Crippen LogP contribution in [0, 0.1) is 0 Å². The van der Waals surface area contributed by atoms with Gasteiger partial charge in [-0.3, -0.25) is 0 Å². The van der Waals surface area contributed by atoms with Gasteiger partial charge in [-0.2, -0.15) is 0 Å². The Hall–Kier alpha value is -2.10. The molecule has 10 heteroatoms. The maximum Gasteiger partial charge on any atom is 0.776 e. The van der Waals surface area contributed by atoms with E-state index in [0.29, 0.717) is 15.9 Å². The summed E-state index contributed by atoms with van der Waals surface area (Å²) in [5.74, 6) is 0. The summed E-state index contributed by atoms with van der Waals surface area (Å²) in [7, 11) is -8.76. The fourth-order valence-electron chi connectivity index (χ4n) is 2.12. The number of hydrogen-bond acceptors (Lipinski definition) is 6. The van der Waals surface area contributed by atoms with Crippen LogP contribution in [0.4, 0.5) is 0 Å². The summed E-state index contributed by atoms with van der Waals surface area (Å²) in [6.45, 7) is 0. The van der Waals surface area contributed by atoms with Crippen molar-refractivity contribution in [3.63, 3.8) is 0 Å². The molecule has 0 aliphatic rings. The molecular formula is C18H15BO6P3+3. The standard InChI is InChI=1S/C18H15BO6P3/c20-26(16-10-4-1-5-11-16)23-19(24-27(21)17-12-6-2-7-13-17)25-28(22)18-14-8-3-9-15-18/h1-15H/q+3. The van der Waals surface area contributed by atoms with Crippen molar-refractivity contribution in [1.29, 1.82) is 0 Å². The SMILES string of the molecule is O=[P+](OB(O[P+](=O)c1ccccc1)O[P+](=O)c1ccccc1)c1ccccc1. The Morgan fingerprint density at radius 1 is 0.464 bits per heavy atom. The Morgan fingerprint density at radius 2 is 0.714 bits per heavy atom. The van der Waals surface area contributed by atoms with E-state index < -0.39 is 31.4 Å². The first kappa shape index (κ1) is 20.6. The van der Waals surface area contributed by atoms with E-state index in [-0.39, 0.29) is 0 Å². The number of benzene rings is 3. The minimum Gasteiger partial charge on any atom is -0.125 e. The highest BCUT2D eigenvalue weighted by atomic mass is 31.1. The second kappa shape index (κ2) is 10.4. The second-order valence-electron chi connectivity index (χ2n) is 5.38. The molecule has 3 rings (SSSR count). The smallest absolute Gasteiger partial charge is 0.125 e. The molecule has 0 saturated carbocycles. The molecule has 0 heterocycles. The zero-order chi connectivity index (χ0) is 19.8. The molecule has 28 heavy (non-hydrogen) atoms. The Labute approximate surface area is 165 Å². The lowest BCUT2D eigenvalue weighted by atomic mass is 10.3. The largest absolute Gasteiger partial charge is 0.776 e. The van der Waals surface area contributed by atoms with Crippen LogP contribution in [0.25, 0.3) is 0 Å². The predicted octanol–water partition coefficient (Wildman–Crippen LogP) is 4.22.